The summed E-state index contributed by atoms with van der Waals surface area (Å²) in [5.74, 6) is 0.965. The molecule has 5 heteroatoms. The Morgan fingerprint density at radius 1 is 1.53 bits per heavy atom. The van der Waals surface area contributed by atoms with Crippen molar-refractivity contribution in [3.63, 3.8) is 0 Å². The van der Waals surface area contributed by atoms with Crippen LogP contribution in [0, 0.1) is 6.92 Å². The number of morpholine rings is 1. The molecule has 2 heterocycles. The summed E-state index contributed by atoms with van der Waals surface area (Å²) in [6.07, 6.45) is -0.379. The predicted molar refractivity (Wildman–Crippen MR) is 72.4 cm³/mol. The van der Waals surface area contributed by atoms with E-state index in [1.54, 1.807) is 0 Å². The van der Waals surface area contributed by atoms with Crippen LogP contribution in [0.1, 0.15) is 16.2 Å². The minimum atomic E-state index is -0.379. The number of ether oxygens (including phenoxy) is 1. The minimum absolute atomic E-state index is 0.0254. The summed E-state index contributed by atoms with van der Waals surface area (Å²) in [6.45, 7) is 3.93. The van der Waals surface area contributed by atoms with Gasteiger partial charge in [-0.1, -0.05) is 0 Å². The van der Waals surface area contributed by atoms with Crippen molar-refractivity contribution in [2.75, 3.05) is 19.7 Å². The Morgan fingerprint density at radius 3 is 3.11 bits per heavy atom. The van der Waals surface area contributed by atoms with Gasteiger partial charge in [0.15, 0.2) is 5.78 Å². The summed E-state index contributed by atoms with van der Waals surface area (Å²) < 4.78 is 7.51. The zero-order valence-corrected chi connectivity index (χ0v) is 11.1. The largest absolute Gasteiger partial charge is 0.367 e. The highest BCUT2D eigenvalue weighted by Crippen LogP contribution is 2.18. The molecule has 1 fully saturated rings. The van der Waals surface area contributed by atoms with Crippen LogP contribution in [0.2, 0.25) is 0 Å². The first-order valence-electron chi connectivity index (χ1n) is 6.46. The van der Waals surface area contributed by atoms with Gasteiger partial charge in [0, 0.05) is 25.7 Å². The third-order valence-electron chi connectivity index (χ3n) is 3.61. The van der Waals surface area contributed by atoms with E-state index >= 15 is 0 Å². The SMILES string of the molecule is Cc1nc2cc(C(=O)C3CNCCO3)ccc2n1C. The molecule has 5 nitrogen and oxygen atoms in total. The van der Waals surface area contributed by atoms with Gasteiger partial charge in [-0.3, -0.25) is 4.79 Å². The summed E-state index contributed by atoms with van der Waals surface area (Å²) in [6, 6.07) is 5.64. The van der Waals surface area contributed by atoms with Crippen molar-refractivity contribution in [3.05, 3.63) is 29.6 Å². The van der Waals surface area contributed by atoms with Gasteiger partial charge >= 0.3 is 0 Å². The van der Waals surface area contributed by atoms with E-state index in [0.717, 1.165) is 23.4 Å². The number of benzene rings is 1. The number of aromatic nitrogens is 2. The van der Waals surface area contributed by atoms with Crippen LogP contribution in [0.3, 0.4) is 0 Å². The van der Waals surface area contributed by atoms with Gasteiger partial charge in [0.2, 0.25) is 0 Å². The minimum Gasteiger partial charge on any atom is -0.367 e. The van der Waals surface area contributed by atoms with E-state index in [4.69, 9.17) is 4.74 Å². The van der Waals surface area contributed by atoms with Gasteiger partial charge in [-0.25, -0.2) is 4.98 Å². The van der Waals surface area contributed by atoms with Crippen LogP contribution >= 0.6 is 0 Å². The van der Waals surface area contributed by atoms with E-state index in [0.29, 0.717) is 18.7 Å². The highest BCUT2D eigenvalue weighted by atomic mass is 16.5. The van der Waals surface area contributed by atoms with E-state index in [1.807, 2.05) is 36.7 Å². The summed E-state index contributed by atoms with van der Waals surface area (Å²) >= 11 is 0. The molecule has 100 valence electrons. The fourth-order valence-corrected chi connectivity index (χ4v) is 2.39. The first-order valence-corrected chi connectivity index (χ1v) is 6.46. The van der Waals surface area contributed by atoms with Crippen LogP contribution in [0.25, 0.3) is 11.0 Å². The summed E-state index contributed by atoms with van der Waals surface area (Å²) in [5, 5.41) is 3.17. The Morgan fingerprint density at radius 2 is 2.37 bits per heavy atom. The Balaban J connectivity index is 1.94. The molecule has 0 amide bonds. The van der Waals surface area contributed by atoms with Gasteiger partial charge in [0.05, 0.1) is 17.6 Å². The molecule has 0 bridgehead atoms. The maximum atomic E-state index is 12.3. The van der Waals surface area contributed by atoms with Crippen LogP contribution in [0.15, 0.2) is 18.2 Å². The van der Waals surface area contributed by atoms with Crippen LogP contribution < -0.4 is 5.32 Å². The third kappa shape index (κ3) is 2.15. The fraction of sp³-hybridized carbons (Fsp3) is 0.429. The highest BCUT2D eigenvalue weighted by Gasteiger charge is 2.23. The second-order valence-electron chi connectivity index (χ2n) is 4.85. The van der Waals surface area contributed by atoms with Gasteiger partial charge in [-0.2, -0.15) is 0 Å². The molecule has 1 N–H and O–H groups in total. The number of hydrogen-bond donors (Lipinski definition) is 1. The number of rotatable bonds is 2. The first kappa shape index (κ1) is 12.3. The van der Waals surface area contributed by atoms with Crippen molar-refractivity contribution in [2.45, 2.75) is 13.0 Å². The average molecular weight is 259 g/mol. The molecule has 0 saturated carbocycles. The lowest BCUT2D eigenvalue weighted by atomic mass is 10.0. The Bertz CT molecular complexity index is 627. The quantitative estimate of drug-likeness (QED) is 0.819. The Hall–Kier alpha value is -1.72. The number of nitrogens with one attached hydrogen (secondary N) is 1. The number of carbonyl (C=O) groups excluding carboxylic acids is 1. The third-order valence-corrected chi connectivity index (χ3v) is 3.61. The van der Waals surface area contributed by atoms with Gasteiger partial charge in [-0.15, -0.1) is 0 Å². The van der Waals surface area contributed by atoms with Gasteiger partial charge in [0.1, 0.15) is 11.9 Å². The molecule has 1 saturated heterocycles. The van der Waals surface area contributed by atoms with E-state index in [2.05, 4.69) is 10.3 Å². The predicted octanol–water partition coefficient (Wildman–Crippen LogP) is 1.05. The van der Waals surface area contributed by atoms with Crippen molar-refractivity contribution >= 4 is 16.8 Å². The maximum absolute atomic E-state index is 12.3. The number of Topliss-reactive ketones (excluding diaryl/α,β-unsaturated/α-hetero) is 1. The number of fused-ring (bicyclic) bond motifs is 1. The zero-order chi connectivity index (χ0) is 13.4. The van der Waals surface area contributed by atoms with Crippen molar-refractivity contribution in [1.82, 2.24) is 14.9 Å². The molecule has 3 rings (SSSR count). The van der Waals surface area contributed by atoms with E-state index < -0.39 is 0 Å². The van der Waals surface area contributed by atoms with Gasteiger partial charge < -0.3 is 14.6 Å². The Labute approximate surface area is 111 Å². The molecule has 1 aliphatic heterocycles. The summed E-state index contributed by atoms with van der Waals surface area (Å²) in [7, 11) is 1.97. The topological polar surface area (TPSA) is 56.1 Å². The second kappa shape index (κ2) is 4.75. The smallest absolute Gasteiger partial charge is 0.192 e. The molecular weight excluding hydrogens is 242 g/mol. The van der Waals surface area contributed by atoms with Crippen LogP contribution in [0.4, 0.5) is 0 Å². The number of carbonyl (C=O) groups is 1. The molecule has 1 aromatic carbocycles. The molecule has 19 heavy (non-hydrogen) atoms. The van der Waals surface area contributed by atoms with Gasteiger partial charge in [-0.05, 0) is 25.1 Å². The maximum Gasteiger partial charge on any atom is 0.192 e. The molecule has 0 aliphatic carbocycles. The average Bonchev–Trinajstić information content (AvgIpc) is 2.74. The molecule has 1 aromatic heterocycles. The standard InChI is InChI=1S/C14H17N3O2/c1-9-16-11-7-10(3-4-12(11)17(9)2)14(18)13-8-15-5-6-19-13/h3-4,7,13,15H,5-6,8H2,1-2H3. The number of hydrogen-bond acceptors (Lipinski definition) is 4. The normalized spacial score (nSPS) is 19.8. The molecular formula is C14H17N3O2. The lowest BCUT2D eigenvalue weighted by Crippen LogP contribution is -2.43. The van der Waals surface area contributed by atoms with E-state index in [1.165, 1.54) is 0 Å². The lowest BCUT2D eigenvalue weighted by molar-refractivity contribution is 0.0269. The van der Waals surface area contributed by atoms with Gasteiger partial charge in [0.25, 0.3) is 0 Å². The monoisotopic (exact) mass is 259 g/mol. The first-order chi connectivity index (χ1) is 9.16. The van der Waals surface area contributed by atoms with Crippen LogP contribution in [-0.4, -0.2) is 41.1 Å². The van der Waals surface area contributed by atoms with Crippen molar-refractivity contribution < 1.29 is 9.53 Å². The Kier molecular flexibility index (Phi) is 3.08. The van der Waals surface area contributed by atoms with Crippen molar-refractivity contribution in [3.8, 4) is 0 Å². The summed E-state index contributed by atoms with van der Waals surface area (Å²) in [5.41, 5.74) is 2.56. The highest BCUT2D eigenvalue weighted by molar-refractivity contribution is 6.02. The number of imidazole rings is 1. The lowest BCUT2D eigenvalue weighted by Gasteiger charge is -2.22. The second-order valence-corrected chi connectivity index (χ2v) is 4.85. The number of ketones is 1. The molecule has 0 radical (unpaired) electrons. The van der Waals surface area contributed by atoms with Crippen LogP contribution in [0.5, 0.6) is 0 Å². The van der Waals surface area contributed by atoms with Crippen molar-refractivity contribution in [1.29, 1.82) is 0 Å². The van der Waals surface area contributed by atoms with Crippen LogP contribution in [-0.2, 0) is 11.8 Å². The molecule has 1 atom stereocenters. The number of nitrogens with zero attached hydrogens (tertiary/aromatic N) is 2. The molecule has 1 aliphatic rings. The van der Waals surface area contributed by atoms with E-state index in [9.17, 15) is 4.79 Å². The van der Waals surface area contributed by atoms with E-state index in [-0.39, 0.29) is 11.9 Å². The molecule has 1 unspecified atom stereocenters. The zero-order valence-electron chi connectivity index (χ0n) is 11.1. The molecule has 0 spiro atoms. The summed E-state index contributed by atoms with van der Waals surface area (Å²) in [4.78, 5) is 16.8. The molecule has 2 aromatic rings. The fourth-order valence-electron chi connectivity index (χ4n) is 2.39. The number of aryl methyl sites for hydroxylation is 2. The van der Waals surface area contributed by atoms with Crippen molar-refractivity contribution in [2.24, 2.45) is 7.05 Å².